The quantitative estimate of drug-likeness (QED) is 0.680. The van der Waals surface area contributed by atoms with Crippen molar-refractivity contribution in [3.63, 3.8) is 0 Å². The first-order valence-electron chi connectivity index (χ1n) is 8.34. The number of benzene rings is 2. The number of aromatic nitrogens is 1. The van der Waals surface area contributed by atoms with E-state index < -0.39 is 0 Å². The molecule has 0 bridgehead atoms. The number of nitrogens with zero attached hydrogens (tertiary/aromatic N) is 2. The Kier molecular flexibility index (Phi) is 4.38. The van der Waals surface area contributed by atoms with Crippen LogP contribution in [0.15, 0.2) is 36.4 Å². The highest BCUT2D eigenvalue weighted by atomic mass is 32.1. The van der Waals surface area contributed by atoms with Crippen molar-refractivity contribution in [1.29, 1.82) is 0 Å². The fourth-order valence-electron chi connectivity index (χ4n) is 2.80. The molecule has 0 N–H and O–H groups in total. The molecule has 0 spiro atoms. The van der Waals surface area contributed by atoms with Crippen LogP contribution >= 0.6 is 11.3 Å². The number of carbonyl (C=O) groups excluding carboxylic acids is 1. The molecule has 7 heteroatoms. The lowest BCUT2D eigenvalue weighted by molar-refractivity contribution is -0.116. The maximum absolute atomic E-state index is 12.2. The predicted octanol–water partition coefficient (Wildman–Crippen LogP) is 3.98. The lowest BCUT2D eigenvalue weighted by Crippen LogP contribution is -2.27. The molecule has 1 amide bonds. The van der Waals surface area contributed by atoms with Crippen LogP contribution in [0.3, 0.4) is 0 Å². The molecule has 0 unspecified atom stereocenters. The van der Waals surface area contributed by atoms with Crippen LogP contribution in [0.25, 0.3) is 10.2 Å². The van der Waals surface area contributed by atoms with Gasteiger partial charge in [0.2, 0.25) is 12.7 Å². The molecule has 0 aliphatic carbocycles. The summed E-state index contributed by atoms with van der Waals surface area (Å²) in [4.78, 5) is 18.5. The number of thiazole rings is 1. The van der Waals surface area contributed by atoms with E-state index in [1.54, 1.807) is 11.8 Å². The molecule has 1 aromatic heterocycles. The maximum atomic E-state index is 12.2. The Labute approximate surface area is 154 Å². The number of amides is 1. The molecule has 1 aliphatic heterocycles. The number of fused-ring (bicyclic) bond motifs is 2. The highest BCUT2D eigenvalue weighted by Crippen LogP contribution is 2.35. The van der Waals surface area contributed by atoms with Crippen LogP contribution in [0.5, 0.6) is 17.2 Å². The molecular formula is C19H18N2O4S. The van der Waals surface area contributed by atoms with Gasteiger partial charge >= 0.3 is 0 Å². The summed E-state index contributed by atoms with van der Waals surface area (Å²) in [6.07, 6.45) is 0. The van der Waals surface area contributed by atoms with Gasteiger partial charge < -0.3 is 14.2 Å². The van der Waals surface area contributed by atoms with Crippen LogP contribution in [-0.2, 0) is 11.3 Å². The summed E-state index contributed by atoms with van der Waals surface area (Å²) >= 11 is 1.48. The minimum Gasteiger partial charge on any atom is -0.494 e. The van der Waals surface area contributed by atoms with Gasteiger partial charge in [0, 0.05) is 6.92 Å². The first kappa shape index (κ1) is 16.7. The Balaban J connectivity index is 1.64. The summed E-state index contributed by atoms with van der Waals surface area (Å²) in [5.74, 6) is 2.18. The van der Waals surface area contributed by atoms with Gasteiger partial charge in [-0.2, -0.15) is 0 Å². The summed E-state index contributed by atoms with van der Waals surface area (Å²) in [5.41, 5.74) is 1.81. The fourth-order valence-corrected chi connectivity index (χ4v) is 3.84. The van der Waals surface area contributed by atoms with Crippen molar-refractivity contribution in [1.82, 2.24) is 4.98 Å². The van der Waals surface area contributed by atoms with Gasteiger partial charge in [0.25, 0.3) is 0 Å². The Morgan fingerprint density at radius 3 is 2.88 bits per heavy atom. The van der Waals surface area contributed by atoms with E-state index in [4.69, 9.17) is 14.2 Å². The van der Waals surface area contributed by atoms with E-state index in [-0.39, 0.29) is 12.7 Å². The van der Waals surface area contributed by atoms with Crippen molar-refractivity contribution in [2.24, 2.45) is 0 Å². The van der Waals surface area contributed by atoms with E-state index in [1.807, 2.05) is 43.3 Å². The van der Waals surface area contributed by atoms with E-state index in [1.165, 1.54) is 11.3 Å². The standard InChI is InChI=1S/C19H18N2O4S/c1-3-23-14-5-6-15-18(9-14)26-19(20-15)21(12(2)22)10-13-4-7-16-17(8-13)25-11-24-16/h4-9H,3,10-11H2,1-2H3. The summed E-state index contributed by atoms with van der Waals surface area (Å²) in [6.45, 7) is 4.76. The van der Waals surface area contributed by atoms with Crippen molar-refractivity contribution < 1.29 is 19.0 Å². The van der Waals surface area contributed by atoms with Crippen molar-refractivity contribution in [3.05, 3.63) is 42.0 Å². The lowest BCUT2D eigenvalue weighted by atomic mass is 10.2. The largest absolute Gasteiger partial charge is 0.494 e. The van der Waals surface area contributed by atoms with E-state index in [9.17, 15) is 4.79 Å². The Morgan fingerprint density at radius 2 is 2.08 bits per heavy atom. The molecule has 0 saturated heterocycles. The molecule has 2 heterocycles. The van der Waals surface area contributed by atoms with E-state index >= 15 is 0 Å². The second kappa shape index (κ2) is 6.84. The molecule has 0 saturated carbocycles. The summed E-state index contributed by atoms with van der Waals surface area (Å²) in [6, 6.07) is 11.5. The highest BCUT2D eigenvalue weighted by molar-refractivity contribution is 7.22. The minimum atomic E-state index is -0.0632. The average molecular weight is 370 g/mol. The van der Waals surface area contributed by atoms with E-state index in [2.05, 4.69) is 4.98 Å². The molecule has 134 valence electrons. The Hall–Kier alpha value is -2.80. The molecule has 26 heavy (non-hydrogen) atoms. The first-order chi connectivity index (χ1) is 12.6. The first-order valence-corrected chi connectivity index (χ1v) is 9.15. The van der Waals surface area contributed by atoms with E-state index in [0.29, 0.717) is 24.0 Å². The third kappa shape index (κ3) is 3.17. The van der Waals surface area contributed by atoms with Crippen molar-refractivity contribution in [2.45, 2.75) is 20.4 Å². The number of rotatable bonds is 5. The topological polar surface area (TPSA) is 60.9 Å². The van der Waals surface area contributed by atoms with Crippen molar-refractivity contribution >= 4 is 32.6 Å². The van der Waals surface area contributed by atoms with Gasteiger partial charge in [0.1, 0.15) is 5.75 Å². The number of anilines is 1. The lowest BCUT2D eigenvalue weighted by Gasteiger charge is -2.18. The zero-order chi connectivity index (χ0) is 18.1. The van der Waals surface area contributed by atoms with Crippen LogP contribution in [0.2, 0.25) is 0 Å². The summed E-state index contributed by atoms with van der Waals surface area (Å²) in [5, 5.41) is 0.666. The molecule has 3 aromatic rings. The molecular weight excluding hydrogens is 352 g/mol. The summed E-state index contributed by atoms with van der Waals surface area (Å²) in [7, 11) is 0. The zero-order valence-corrected chi connectivity index (χ0v) is 15.3. The maximum Gasteiger partial charge on any atom is 0.231 e. The SMILES string of the molecule is CCOc1ccc2nc(N(Cc3ccc4c(c3)OCO4)C(C)=O)sc2c1. The van der Waals surface area contributed by atoms with Gasteiger partial charge in [-0.3, -0.25) is 9.69 Å². The second-order valence-electron chi connectivity index (χ2n) is 5.85. The van der Waals surface area contributed by atoms with Crippen LogP contribution in [0.4, 0.5) is 5.13 Å². The Morgan fingerprint density at radius 1 is 1.23 bits per heavy atom. The normalized spacial score (nSPS) is 12.4. The number of carbonyl (C=O) groups is 1. The highest BCUT2D eigenvalue weighted by Gasteiger charge is 2.19. The smallest absolute Gasteiger partial charge is 0.231 e. The van der Waals surface area contributed by atoms with Crippen LogP contribution in [0.1, 0.15) is 19.4 Å². The average Bonchev–Trinajstić information content (AvgIpc) is 3.25. The minimum absolute atomic E-state index is 0.0632. The van der Waals surface area contributed by atoms with Gasteiger partial charge in [-0.1, -0.05) is 17.4 Å². The number of hydrogen-bond acceptors (Lipinski definition) is 6. The van der Waals surface area contributed by atoms with E-state index in [0.717, 1.165) is 27.3 Å². The molecule has 0 fully saturated rings. The third-order valence-electron chi connectivity index (χ3n) is 4.05. The van der Waals surface area contributed by atoms with Crippen LogP contribution in [-0.4, -0.2) is 24.3 Å². The third-order valence-corrected chi connectivity index (χ3v) is 5.09. The fraction of sp³-hybridized carbons (Fsp3) is 0.263. The van der Waals surface area contributed by atoms with Gasteiger partial charge in [-0.05, 0) is 42.8 Å². The molecule has 6 nitrogen and oxygen atoms in total. The second-order valence-corrected chi connectivity index (χ2v) is 6.86. The molecule has 4 rings (SSSR count). The monoisotopic (exact) mass is 370 g/mol. The molecule has 2 aromatic carbocycles. The molecule has 0 atom stereocenters. The molecule has 1 aliphatic rings. The summed E-state index contributed by atoms with van der Waals surface area (Å²) < 4.78 is 17.3. The Bertz CT molecular complexity index is 969. The zero-order valence-electron chi connectivity index (χ0n) is 14.5. The van der Waals surface area contributed by atoms with Gasteiger partial charge in [-0.15, -0.1) is 0 Å². The number of hydrogen-bond donors (Lipinski definition) is 0. The number of ether oxygens (including phenoxy) is 3. The van der Waals surface area contributed by atoms with Gasteiger partial charge in [0.15, 0.2) is 16.6 Å². The van der Waals surface area contributed by atoms with Crippen molar-refractivity contribution in [2.75, 3.05) is 18.3 Å². The van der Waals surface area contributed by atoms with Crippen molar-refractivity contribution in [3.8, 4) is 17.2 Å². The molecule has 0 radical (unpaired) electrons. The van der Waals surface area contributed by atoms with Crippen LogP contribution < -0.4 is 19.1 Å². The van der Waals surface area contributed by atoms with Gasteiger partial charge in [0.05, 0.1) is 23.4 Å². The predicted molar refractivity (Wildman–Crippen MR) is 100 cm³/mol. The van der Waals surface area contributed by atoms with Gasteiger partial charge in [-0.25, -0.2) is 4.98 Å². The van der Waals surface area contributed by atoms with Crippen LogP contribution in [0, 0.1) is 0 Å².